The molecule has 2 amide bonds. The number of amides is 2. The standard InChI is InChI=1S/C9H4Br2FNO2.C9H5BrFNO2/c1-2-4(10)6(12)5(11)3-7(2)13-9(15)8(3)14;1-3-6(10)5(11)2-4-7(3)12-9(14)8(4)13/h1H3,(H,13,14,15);2H,1H3,(H,12,13,14). The molecule has 2 aromatic carbocycles. The summed E-state index contributed by atoms with van der Waals surface area (Å²) in [5, 5.41) is 4.81. The van der Waals surface area contributed by atoms with Gasteiger partial charge in [-0.3, -0.25) is 19.2 Å². The van der Waals surface area contributed by atoms with Crippen LogP contribution in [0.15, 0.2) is 19.5 Å². The molecule has 0 unspecified atom stereocenters. The fraction of sp³-hybridized carbons (Fsp3) is 0.111. The van der Waals surface area contributed by atoms with Gasteiger partial charge in [0.25, 0.3) is 23.4 Å². The van der Waals surface area contributed by atoms with Crippen molar-refractivity contribution in [3.8, 4) is 0 Å². The Morgan fingerprint density at radius 1 is 0.759 bits per heavy atom. The van der Waals surface area contributed by atoms with Gasteiger partial charge in [0, 0.05) is 0 Å². The van der Waals surface area contributed by atoms with Crippen molar-refractivity contribution in [2.24, 2.45) is 0 Å². The molecule has 0 fully saturated rings. The first-order valence-electron chi connectivity index (χ1n) is 7.84. The van der Waals surface area contributed by atoms with Gasteiger partial charge in [-0.25, -0.2) is 8.78 Å². The Kier molecular flexibility index (Phi) is 5.76. The van der Waals surface area contributed by atoms with Gasteiger partial charge in [0.1, 0.15) is 5.82 Å². The zero-order chi connectivity index (χ0) is 21.8. The third kappa shape index (κ3) is 3.44. The van der Waals surface area contributed by atoms with Gasteiger partial charge in [0.15, 0.2) is 5.82 Å². The first kappa shape index (κ1) is 21.7. The Morgan fingerprint density at radius 2 is 1.28 bits per heavy atom. The van der Waals surface area contributed by atoms with E-state index >= 15 is 0 Å². The van der Waals surface area contributed by atoms with Crippen LogP contribution in [0.25, 0.3) is 0 Å². The number of anilines is 2. The lowest BCUT2D eigenvalue weighted by atomic mass is 10.1. The van der Waals surface area contributed by atoms with Crippen molar-refractivity contribution in [2.75, 3.05) is 10.6 Å². The van der Waals surface area contributed by atoms with E-state index in [1.54, 1.807) is 13.8 Å². The van der Waals surface area contributed by atoms with Crippen molar-refractivity contribution in [2.45, 2.75) is 13.8 Å². The smallest absolute Gasteiger partial charge is 0.296 e. The maximum absolute atomic E-state index is 13.6. The monoisotopic (exact) mass is 592 g/mol. The van der Waals surface area contributed by atoms with Crippen molar-refractivity contribution in [3.63, 3.8) is 0 Å². The van der Waals surface area contributed by atoms with Crippen LogP contribution in [0.4, 0.5) is 20.2 Å². The number of Topliss-reactive ketones (excluding diaryl/α,β-unsaturated/α-hetero) is 2. The number of ketones is 2. The van der Waals surface area contributed by atoms with Gasteiger partial charge in [-0.05, 0) is 78.8 Å². The highest BCUT2D eigenvalue weighted by Gasteiger charge is 2.34. The summed E-state index contributed by atoms with van der Waals surface area (Å²) in [5.41, 5.74) is 1.97. The molecule has 2 heterocycles. The Hall–Kier alpha value is -1.98. The molecule has 4 rings (SSSR count). The van der Waals surface area contributed by atoms with E-state index in [0.717, 1.165) is 6.07 Å². The van der Waals surface area contributed by atoms with Crippen LogP contribution >= 0.6 is 47.8 Å². The fourth-order valence-electron chi connectivity index (χ4n) is 2.82. The normalized spacial score (nSPS) is 14.2. The molecule has 2 aromatic rings. The van der Waals surface area contributed by atoms with E-state index in [1.165, 1.54) is 0 Å². The largest absolute Gasteiger partial charge is 0.318 e. The third-order valence-electron chi connectivity index (χ3n) is 4.37. The maximum atomic E-state index is 13.6. The van der Waals surface area contributed by atoms with Crippen LogP contribution in [-0.2, 0) is 9.59 Å². The summed E-state index contributed by atoms with van der Waals surface area (Å²) in [4.78, 5) is 44.8. The van der Waals surface area contributed by atoms with Crippen molar-refractivity contribution in [1.82, 2.24) is 0 Å². The summed E-state index contributed by atoms with van der Waals surface area (Å²) >= 11 is 9.06. The molecule has 150 valence electrons. The summed E-state index contributed by atoms with van der Waals surface area (Å²) in [5.74, 6) is -3.95. The SMILES string of the molecule is Cc1c(Br)c(F)c(Br)c2c1NC(=O)C2=O.Cc1c(Br)c(F)cc2c1NC(=O)C2=O. The number of halogens is 5. The average Bonchev–Trinajstić information content (AvgIpc) is 3.14. The topological polar surface area (TPSA) is 92.3 Å². The van der Waals surface area contributed by atoms with E-state index in [1.807, 2.05) is 0 Å². The van der Waals surface area contributed by atoms with Crippen LogP contribution in [0.5, 0.6) is 0 Å². The molecule has 2 N–H and O–H groups in total. The van der Waals surface area contributed by atoms with Gasteiger partial charge in [0.05, 0.1) is 35.9 Å². The average molecular weight is 595 g/mol. The zero-order valence-electron chi connectivity index (χ0n) is 14.6. The second-order valence-corrected chi connectivity index (χ2v) is 8.48. The van der Waals surface area contributed by atoms with Crippen molar-refractivity contribution in [3.05, 3.63) is 53.4 Å². The molecular weight excluding hydrogens is 586 g/mol. The van der Waals surface area contributed by atoms with Gasteiger partial charge in [-0.2, -0.15) is 0 Å². The molecule has 29 heavy (non-hydrogen) atoms. The van der Waals surface area contributed by atoms with E-state index < -0.39 is 35.0 Å². The molecule has 0 aliphatic carbocycles. The second kappa shape index (κ2) is 7.69. The minimum absolute atomic E-state index is 0.0123. The maximum Gasteiger partial charge on any atom is 0.296 e. The number of carbonyl (C=O) groups excluding carboxylic acids is 4. The minimum atomic E-state index is -0.730. The molecule has 0 radical (unpaired) electrons. The van der Waals surface area contributed by atoms with Crippen LogP contribution < -0.4 is 10.6 Å². The number of fused-ring (bicyclic) bond motifs is 2. The second-order valence-electron chi connectivity index (χ2n) is 6.10. The predicted molar refractivity (Wildman–Crippen MR) is 111 cm³/mol. The Bertz CT molecular complexity index is 1170. The number of benzene rings is 2. The Balaban J connectivity index is 0.000000166. The molecule has 11 heteroatoms. The summed E-state index contributed by atoms with van der Waals surface area (Å²) in [7, 11) is 0. The highest BCUT2D eigenvalue weighted by molar-refractivity contribution is 9.11. The van der Waals surface area contributed by atoms with Gasteiger partial charge in [-0.1, -0.05) is 0 Å². The van der Waals surface area contributed by atoms with E-state index in [2.05, 4.69) is 58.4 Å². The fourth-order valence-corrected chi connectivity index (χ4v) is 4.37. The molecule has 0 atom stereocenters. The molecule has 2 aliphatic heterocycles. The van der Waals surface area contributed by atoms with Crippen LogP contribution in [-0.4, -0.2) is 23.4 Å². The number of carbonyl (C=O) groups is 4. The highest BCUT2D eigenvalue weighted by Crippen LogP contribution is 2.40. The summed E-state index contributed by atoms with van der Waals surface area (Å²) in [6.45, 7) is 3.25. The Labute approximate surface area is 187 Å². The molecule has 6 nitrogen and oxygen atoms in total. The van der Waals surface area contributed by atoms with Gasteiger partial charge in [-0.15, -0.1) is 0 Å². The predicted octanol–water partition coefficient (Wildman–Crippen LogP) is 4.83. The summed E-state index contributed by atoms with van der Waals surface area (Å²) in [6.07, 6.45) is 0. The molecule has 0 saturated heterocycles. The lowest BCUT2D eigenvalue weighted by molar-refractivity contribution is -0.112. The molecule has 0 aromatic heterocycles. The van der Waals surface area contributed by atoms with Crippen molar-refractivity contribution >= 4 is 82.5 Å². The van der Waals surface area contributed by atoms with Crippen LogP contribution in [0.3, 0.4) is 0 Å². The number of rotatable bonds is 0. The first-order chi connectivity index (χ1) is 13.5. The number of hydrogen-bond donors (Lipinski definition) is 2. The van der Waals surface area contributed by atoms with E-state index in [0.29, 0.717) is 22.5 Å². The molecular formula is C18H9Br3F2N2O4. The molecule has 2 aliphatic rings. The molecule has 0 spiro atoms. The number of hydrogen-bond acceptors (Lipinski definition) is 4. The zero-order valence-corrected chi connectivity index (χ0v) is 19.4. The summed E-state index contributed by atoms with van der Waals surface area (Å²) < 4.78 is 27.3. The Morgan fingerprint density at radius 3 is 1.90 bits per heavy atom. The quantitative estimate of drug-likeness (QED) is 0.338. The van der Waals surface area contributed by atoms with Gasteiger partial charge in [0.2, 0.25) is 0 Å². The third-order valence-corrected chi connectivity index (χ3v) is 7.04. The van der Waals surface area contributed by atoms with Crippen molar-refractivity contribution < 1.29 is 28.0 Å². The lowest BCUT2D eigenvalue weighted by Crippen LogP contribution is -2.12. The van der Waals surface area contributed by atoms with Crippen LogP contribution in [0, 0.1) is 25.5 Å². The highest BCUT2D eigenvalue weighted by atomic mass is 79.9. The van der Waals surface area contributed by atoms with Crippen molar-refractivity contribution in [1.29, 1.82) is 0 Å². The molecule has 0 saturated carbocycles. The van der Waals surface area contributed by atoms with E-state index in [9.17, 15) is 28.0 Å². The van der Waals surface area contributed by atoms with Crippen LogP contribution in [0.2, 0.25) is 0 Å². The van der Waals surface area contributed by atoms with E-state index in [4.69, 9.17) is 0 Å². The molecule has 0 bridgehead atoms. The number of nitrogens with one attached hydrogen (secondary N) is 2. The lowest BCUT2D eigenvalue weighted by Gasteiger charge is -2.08. The minimum Gasteiger partial charge on any atom is -0.318 e. The van der Waals surface area contributed by atoms with Crippen LogP contribution in [0.1, 0.15) is 31.8 Å². The summed E-state index contributed by atoms with van der Waals surface area (Å²) in [6, 6.07) is 1.06. The first-order valence-corrected chi connectivity index (χ1v) is 10.2. The van der Waals surface area contributed by atoms with Gasteiger partial charge >= 0.3 is 0 Å². The van der Waals surface area contributed by atoms with E-state index in [-0.39, 0.29) is 24.5 Å². The van der Waals surface area contributed by atoms with Gasteiger partial charge < -0.3 is 10.6 Å².